The highest BCUT2D eigenvalue weighted by atomic mass is 14.3. The molecule has 0 aliphatic carbocycles. The third kappa shape index (κ3) is 7.74. The Bertz CT molecular complexity index is 528. The third-order valence-corrected chi connectivity index (χ3v) is 1.09. The summed E-state index contributed by atoms with van der Waals surface area (Å²) in [7, 11) is 0. The van der Waals surface area contributed by atoms with Crippen molar-refractivity contribution in [1.82, 2.24) is 0 Å². The molecular formula is C14H9N. The second-order valence-electron chi connectivity index (χ2n) is 2.12. The lowest BCUT2D eigenvalue weighted by Gasteiger charge is -1.78. The Hall–Kier alpha value is -2.61. The predicted octanol–water partition coefficient (Wildman–Crippen LogP) is 2.40. The highest BCUT2D eigenvalue weighted by Crippen LogP contribution is 1.90. The van der Waals surface area contributed by atoms with Gasteiger partial charge in [0.05, 0.1) is 5.57 Å². The van der Waals surface area contributed by atoms with Crippen molar-refractivity contribution in [3.05, 3.63) is 47.2 Å². The zero-order chi connectivity index (χ0) is 11.4. The van der Waals surface area contributed by atoms with Gasteiger partial charge in [-0.3, -0.25) is 0 Å². The SMILES string of the molecule is C=C=C=C=C=C(C#CC#CC)/C=C\C=N. The highest BCUT2D eigenvalue weighted by molar-refractivity contribution is 5.69. The molecule has 0 aromatic rings. The largest absolute Gasteiger partial charge is 0.309 e. The number of nitrogens with one attached hydrogen (secondary N) is 1. The van der Waals surface area contributed by atoms with Crippen LogP contribution in [0.3, 0.4) is 0 Å². The molecule has 1 heteroatoms. The Morgan fingerprint density at radius 1 is 1.27 bits per heavy atom. The second kappa shape index (κ2) is 9.48. The molecule has 0 aliphatic rings. The fourth-order valence-corrected chi connectivity index (χ4v) is 0.563. The van der Waals surface area contributed by atoms with Crippen molar-refractivity contribution in [1.29, 1.82) is 5.41 Å². The topological polar surface area (TPSA) is 23.9 Å². The van der Waals surface area contributed by atoms with Crippen molar-refractivity contribution in [2.24, 2.45) is 0 Å². The van der Waals surface area contributed by atoms with Crippen LogP contribution in [0.1, 0.15) is 6.92 Å². The summed E-state index contributed by atoms with van der Waals surface area (Å²) in [5.41, 5.74) is 10.8. The summed E-state index contributed by atoms with van der Waals surface area (Å²) >= 11 is 0. The smallest absolute Gasteiger partial charge is 0.0765 e. The summed E-state index contributed by atoms with van der Waals surface area (Å²) in [6.07, 6.45) is 4.33. The van der Waals surface area contributed by atoms with Crippen LogP contribution in [0.15, 0.2) is 47.2 Å². The van der Waals surface area contributed by atoms with E-state index < -0.39 is 0 Å². The minimum atomic E-state index is 0.573. The Labute approximate surface area is 90.0 Å². The summed E-state index contributed by atoms with van der Waals surface area (Å²) in [5.74, 6) is 10.6. The first kappa shape index (κ1) is 12.4. The summed E-state index contributed by atoms with van der Waals surface area (Å²) in [6.45, 7) is 5.04. The summed E-state index contributed by atoms with van der Waals surface area (Å²) in [6, 6.07) is 0. The van der Waals surface area contributed by atoms with Gasteiger partial charge in [-0.1, -0.05) is 11.7 Å². The monoisotopic (exact) mass is 191 g/mol. The summed E-state index contributed by atoms with van der Waals surface area (Å²) in [4.78, 5) is 0. The maximum atomic E-state index is 6.83. The molecular weight excluding hydrogens is 182 g/mol. The Kier molecular flexibility index (Phi) is 7.83. The van der Waals surface area contributed by atoms with Gasteiger partial charge >= 0.3 is 0 Å². The normalized spacial score (nSPS) is 6.47. The average molecular weight is 191 g/mol. The van der Waals surface area contributed by atoms with Gasteiger partial charge in [-0.15, -0.1) is 0 Å². The molecule has 0 rings (SSSR count). The molecule has 0 fully saturated rings. The van der Waals surface area contributed by atoms with Gasteiger partial charge in [-0.2, -0.15) is 0 Å². The Balaban J connectivity index is 5.34. The lowest BCUT2D eigenvalue weighted by Crippen LogP contribution is -1.68. The third-order valence-electron chi connectivity index (χ3n) is 1.09. The first-order valence-electron chi connectivity index (χ1n) is 4.10. The van der Waals surface area contributed by atoms with E-state index in [9.17, 15) is 0 Å². The lowest BCUT2D eigenvalue weighted by molar-refractivity contribution is 1.58. The average Bonchev–Trinajstić information content (AvgIpc) is 2.25. The fourth-order valence-electron chi connectivity index (χ4n) is 0.563. The van der Waals surface area contributed by atoms with E-state index in [0.29, 0.717) is 5.57 Å². The van der Waals surface area contributed by atoms with Gasteiger partial charge in [0.2, 0.25) is 0 Å². The van der Waals surface area contributed by atoms with Crippen LogP contribution < -0.4 is 0 Å². The van der Waals surface area contributed by atoms with Crippen molar-refractivity contribution < 1.29 is 0 Å². The first-order chi connectivity index (χ1) is 7.35. The van der Waals surface area contributed by atoms with E-state index in [-0.39, 0.29) is 0 Å². The second-order valence-corrected chi connectivity index (χ2v) is 2.12. The number of hydrogen-bond acceptors (Lipinski definition) is 1. The minimum absolute atomic E-state index is 0.573. The predicted molar refractivity (Wildman–Crippen MR) is 62.3 cm³/mol. The summed E-state index contributed by atoms with van der Waals surface area (Å²) in [5, 5.41) is 6.83. The molecule has 0 saturated carbocycles. The zero-order valence-corrected chi connectivity index (χ0v) is 8.44. The molecule has 0 saturated heterocycles. The number of allylic oxidation sites excluding steroid dienone is 3. The number of hydrogen-bond donors (Lipinski definition) is 1. The molecule has 15 heavy (non-hydrogen) atoms. The van der Waals surface area contributed by atoms with E-state index in [0.717, 1.165) is 6.21 Å². The van der Waals surface area contributed by atoms with Crippen molar-refractivity contribution in [2.75, 3.05) is 0 Å². The van der Waals surface area contributed by atoms with Crippen LogP contribution in [-0.4, -0.2) is 6.21 Å². The van der Waals surface area contributed by atoms with Crippen molar-refractivity contribution in [2.45, 2.75) is 6.92 Å². The van der Waals surface area contributed by atoms with Gasteiger partial charge in [0, 0.05) is 6.21 Å². The van der Waals surface area contributed by atoms with E-state index in [2.05, 4.69) is 53.2 Å². The van der Waals surface area contributed by atoms with Crippen molar-refractivity contribution >= 4 is 6.21 Å². The molecule has 0 aromatic heterocycles. The van der Waals surface area contributed by atoms with Crippen LogP contribution in [0.25, 0.3) is 0 Å². The Morgan fingerprint density at radius 2 is 2.07 bits per heavy atom. The highest BCUT2D eigenvalue weighted by Gasteiger charge is 1.79. The lowest BCUT2D eigenvalue weighted by atomic mass is 10.2. The van der Waals surface area contributed by atoms with Gasteiger partial charge in [-0.25, -0.2) is 0 Å². The molecule has 0 amide bonds. The van der Waals surface area contributed by atoms with Crippen molar-refractivity contribution in [3.63, 3.8) is 0 Å². The molecule has 0 radical (unpaired) electrons. The van der Waals surface area contributed by atoms with Crippen LogP contribution in [0.4, 0.5) is 0 Å². The van der Waals surface area contributed by atoms with Gasteiger partial charge in [0.25, 0.3) is 0 Å². The van der Waals surface area contributed by atoms with Gasteiger partial charge < -0.3 is 5.41 Å². The van der Waals surface area contributed by atoms with Crippen LogP contribution in [0.5, 0.6) is 0 Å². The molecule has 0 aromatic carbocycles. The van der Waals surface area contributed by atoms with Crippen LogP contribution in [-0.2, 0) is 0 Å². The van der Waals surface area contributed by atoms with E-state index in [1.54, 1.807) is 13.0 Å². The van der Waals surface area contributed by atoms with E-state index in [1.807, 2.05) is 0 Å². The molecule has 70 valence electrons. The molecule has 0 bridgehead atoms. The molecule has 0 aliphatic heterocycles. The van der Waals surface area contributed by atoms with Crippen LogP contribution in [0, 0.1) is 29.1 Å². The van der Waals surface area contributed by atoms with Crippen LogP contribution in [0.2, 0.25) is 0 Å². The van der Waals surface area contributed by atoms with Crippen molar-refractivity contribution in [3.8, 4) is 23.7 Å². The summed E-state index contributed by atoms with van der Waals surface area (Å²) < 4.78 is 0. The Morgan fingerprint density at radius 3 is 2.67 bits per heavy atom. The maximum absolute atomic E-state index is 6.83. The molecule has 0 unspecified atom stereocenters. The van der Waals surface area contributed by atoms with E-state index >= 15 is 0 Å². The zero-order valence-electron chi connectivity index (χ0n) is 8.44. The fraction of sp³-hybridized carbons (Fsp3) is 0.0714. The van der Waals surface area contributed by atoms with E-state index in [1.165, 1.54) is 6.08 Å². The molecule has 1 nitrogen and oxygen atoms in total. The molecule has 0 atom stereocenters. The van der Waals surface area contributed by atoms with Gasteiger partial charge in [0.15, 0.2) is 0 Å². The minimum Gasteiger partial charge on any atom is -0.309 e. The standard InChI is InChI=1S/C14H9N/c1-3-5-7-10-14(12-9-13-15)11-8-6-4-2/h9,12-13,15H,1H2,2H3/b12-9-,15-13?. The quantitative estimate of drug-likeness (QED) is 0.300. The number of rotatable bonds is 2. The molecule has 1 N–H and O–H groups in total. The van der Waals surface area contributed by atoms with E-state index in [4.69, 9.17) is 5.41 Å². The van der Waals surface area contributed by atoms with Gasteiger partial charge in [-0.05, 0) is 60.6 Å². The molecule has 0 heterocycles. The maximum Gasteiger partial charge on any atom is 0.0765 e. The van der Waals surface area contributed by atoms with Crippen LogP contribution >= 0.6 is 0 Å². The first-order valence-corrected chi connectivity index (χ1v) is 4.10. The van der Waals surface area contributed by atoms with Gasteiger partial charge in [0.1, 0.15) is 0 Å². The molecule has 0 spiro atoms.